The molecule has 3 nitrogen and oxygen atoms in total. The number of fused-ring (bicyclic) bond motifs is 1. The first kappa shape index (κ1) is 10.5. The zero-order valence-corrected chi connectivity index (χ0v) is 10.3. The van der Waals surface area contributed by atoms with Gasteiger partial charge in [-0.05, 0) is 31.0 Å². The third-order valence-corrected chi connectivity index (χ3v) is 3.72. The van der Waals surface area contributed by atoms with Crippen molar-refractivity contribution in [3.63, 3.8) is 0 Å². The van der Waals surface area contributed by atoms with E-state index in [2.05, 4.69) is 21.2 Å². The van der Waals surface area contributed by atoms with Gasteiger partial charge in [0.1, 0.15) is 5.75 Å². The zero-order valence-electron chi connectivity index (χ0n) is 8.69. The van der Waals surface area contributed by atoms with Crippen LogP contribution in [-0.2, 0) is 4.79 Å². The van der Waals surface area contributed by atoms with Crippen LogP contribution in [0.25, 0.3) is 0 Å². The van der Waals surface area contributed by atoms with Crippen LogP contribution in [0, 0.1) is 13.8 Å². The van der Waals surface area contributed by atoms with Crippen molar-refractivity contribution >= 4 is 27.5 Å². The molecule has 0 fully saturated rings. The maximum atomic E-state index is 11.4. The maximum absolute atomic E-state index is 11.4. The minimum Gasteiger partial charge on any atom is -0.491 e. The fourth-order valence-corrected chi connectivity index (χ4v) is 1.96. The molecule has 0 unspecified atom stereocenters. The largest absolute Gasteiger partial charge is 0.491 e. The Morgan fingerprint density at radius 3 is 2.93 bits per heavy atom. The van der Waals surface area contributed by atoms with Gasteiger partial charge >= 0.3 is 0 Å². The normalized spacial score (nSPS) is 15.0. The molecule has 4 heteroatoms. The van der Waals surface area contributed by atoms with Crippen LogP contribution < -0.4 is 10.1 Å². The molecule has 0 spiro atoms. The van der Waals surface area contributed by atoms with Crippen molar-refractivity contribution in [2.24, 2.45) is 0 Å². The quantitative estimate of drug-likeness (QED) is 0.787. The summed E-state index contributed by atoms with van der Waals surface area (Å²) in [6.45, 7) is 4.41. The number of halogens is 1. The predicted octanol–water partition coefficient (Wildman–Crippen LogP) is 2.79. The van der Waals surface area contributed by atoms with Crippen LogP contribution >= 0.6 is 15.9 Å². The van der Waals surface area contributed by atoms with Crippen molar-refractivity contribution in [3.8, 4) is 5.75 Å². The predicted molar refractivity (Wildman–Crippen MR) is 62.4 cm³/mol. The summed E-state index contributed by atoms with van der Waals surface area (Å²) < 4.78 is 6.55. The number of rotatable bonds is 0. The van der Waals surface area contributed by atoms with Gasteiger partial charge in [0.15, 0.2) is 0 Å². The highest BCUT2D eigenvalue weighted by Crippen LogP contribution is 2.37. The number of aryl methyl sites for hydroxylation is 1. The Hall–Kier alpha value is -1.03. The number of hydrogen-bond acceptors (Lipinski definition) is 2. The van der Waals surface area contributed by atoms with Gasteiger partial charge in [-0.25, -0.2) is 0 Å². The van der Waals surface area contributed by atoms with Crippen LogP contribution in [0.1, 0.15) is 17.5 Å². The van der Waals surface area contributed by atoms with Gasteiger partial charge in [-0.3, -0.25) is 4.79 Å². The summed E-state index contributed by atoms with van der Waals surface area (Å²) in [6, 6.07) is 1.94. The smallest absolute Gasteiger partial charge is 0.227 e. The molecule has 0 aromatic heterocycles. The van der Waals surface area contributed by atoms with Gasteiger partial charge in [0.05, 0.1) is 18.7 Å². The summed E-state index contributed by atoms with van der Waals surface area (Å²) in [5.41, 5.74) is 2.91. The Labute approximate surface area is 96.9 Å². The number of carbonyl (C=O) groups excluding carboxylic acids is 1. The highest BCUT2D eigenvalue weighted by Gasteiger charge is 2.18. The summed E-state index contributed by atoms with van der Waals surface area (Å²) in [4.78, 5) is 11.4. The first-order chi connectivity index (χ1) is 7.09. The van der Waals surface area contributed by atoms with Crippen LogP contribution in [0.2, 0.25) is 0 Å². The highest BCUT2D eigenvalue weighted by molar-refractivity contribution is 9.10. The number of hydrogen-bond donors (Lipinski definition) is 1. The second-order valence-corrected chi connectivity index (χ2v) is 4.45. The first-order valence-electron chi connectivity index (χ1n) is 4.82. The lowest BCUT2D eigenvalue weighted by atomic mass is 10.1. The molecule has 0 saturated heterocycles. The molecule has 1 N–H and O–H groups in total. The Kier molecular flexibility index (Phi) is 2.69. The number of amides is 1. The SMILES string of the molecule is Cc1cc2c(c(C)c1Br)NC(=O)CCO2. The number of benzene rings is 1. The molecule has 0 aliphatic carbocycles. The standard InChI is InChI=1S/C11H12BrNO2/c1-6-5-8-11(7(2)10(6)12)13-9(14)3-4-15-8/h5H,3-4H2,1-2H3,(H,13,14). The molecular weight excluding hydrogens is 258 g/mol. The van der Waals surface area contributed by atoms with Gasteiger partial charge in [-0.2, -0.15) is 0 Å². The molecule has 0 saturated carbocycles. The first-order valence-corrected chi connectivity index (χ1v) is 5.61. The maximum Gasteiger partial charge on any atom is 0.227 e. The summed E-state index contributed by atoms with van der Waals surface area (Å²) >= 11 is 3.50. The average Bonchev–Trinajstić information content (AvgIpc) is 2.37. The van der Waals surface area contributed by atoms with Crippen LogP contribution in [0.4, 0.5) is 5.69 Å². The summed E-state index contributed by atoms with van der Waals surface area (Å²) in [5.74, 6) is 0.770. The van der Waals surface area contributed by atoms with Gasteiger partial charge in [0, 0.05) is 4.47 Å². The molecule has 1 heterocycles. The minimum atomic E-state index is 0.00704. The van der Waals surface area contributed by atoms with Gasteiger partial charge in [0.25, 0.3) is 0 Å². The minimum absolute atomic E-state index is 0.00704. The molecular formula is C11H12BrNO2. The van der Waals surface area contributed by atoms with E-state index in [0.29, 0.717) is 13.0 Å². The van der Waals surface area contributed by atoms with E-state index >= 15 is 0 Å². The van der Waals surface area contributed by atoms with E-state index in [4.69, 9.17) is 4.74 Å². The molecule has 80 valence electrons. The lowest BCUT2D eigenvalue weighted by molar-refractivity contribution is -0.116. The Morgan fingerprint density at radius 2 is 2.20 bits per heavy atom. The van der Waals surface area contributed by atoms with Crippen molar-refractivity contribution in [3.05, 3.63) is 21.7 Å². The summed E-state index contributed by atoms with van der Waals surface area (Å²) in [5, 5.41) is 2.86. The molecule has 0 atom stereocenters. The number of nitrogens with one attached hydrogen (secondary N) is 1. The van der Waals surface area contributed by atoms with Crippen molar-refractivity contribution < 1.29 is 9.53 Å². The zero-order chi connectivity index (χ0) is 11.0. The van der Waals surface area contributed by atoms with E-state index in [9.17, 15) is 4.79 Å². The van der Waals surface area contributed by atoms with E-state index in [1.165, 1.54) is 0 Å². The Morgan fingerprint density at radius 1 is 1.47 bits per heavy atom. The van der Waals surface area contributed by atoms with Crippen molar-refractivity contribution in [2.45, 2.75) is 20.3 Å². The molecule has 1 aliphatic heterocycles. The molecule has 1 amide bonds. The van der Waals surface area contributed by atoms with Crippen LogP contribution in [-0.4, -0.2) is 12.5 Å². The van der Waals surface area contributed by atoms with E-state index in [-0.39, 0.29) is 5.91 Å². The number of carbonyl (C=O) groups is 1. The molecule has 1 aromatic carbocycles. The topological polar surface area (TPSA) is 38.3 Å². The van der Waals surface area contributed by atoms with E-state index < -0.39 is 0 Å². The molecule has 0 bridgehead atoms. The van der Waals surface area contributed by atoms with Crippen molar-refractivity contribution in [1.29, 1.82) is 0 Å². The lowest BCUT2D eigenvalue weighted by Crippen LogP contribution is -2.11. The highest BCUT2D eigenvalue weighted by atomic mass is 79.9. The molecule has 15 heavy (non-hydrogen) atoms. The number of anilines is 1. The van der Waals surface area contributed by atoms with Crippen LogP contribution in [0.3, 0.4) is 0 Å². The van der Waals surface area contributed by atoms with Crippen molar-refractivity contribution in [1.82, 2.24) is 0 Å². The third kappa shape index (κ3) is 1.86. The van der Waals surface area contributed by atoms with Gasteiger partial charge < -0.3 is 10.1 Å². The molecule has 1 aliphatic rings. The molecule has 2 rings (SSSR count). The van der Waals surface area contributed by atoms with Gasteiger partial charge in [-0.1, -0.05) is 15.9 Å². The van der Waals surface area contributed by atoms with Crippen molar-refractivity contribution in [2.75, 3.05) is 11.9 Å². The average molecular weight is 270 g/mol. The van der Waals surface area contributed by atoms with Crippen LogP contribution in [0.5, 0.6) is 5.75 Å². The number of ether oxygens (including phenoxy) is 1. The fourth-order valence-electron chi connectivity index (χ4n) is 1.65. The second kappa shape index (κ2) is 3.85. The Balaban J connectivity index is 2.58. The van der Waals surface area contributed by atoms with Gasteiger partial charge in [-0.15, -0.1) is 0 Å². The summed E-state index contributed by atoms with van der Waals surface area (Å²) in [7, 11) is 0. The fraction of sp³-hybridized carbons (Fsp3) is 0.364. The monoisotopic (exact) mass is 269 g/mol. The second-order valence-electron chi connectivity index (χ2n) is 3.65. The van der Waals surface area contributed by atoms with E-state index in [0.717, 1.165) is 27.0 Å². The third-order valence-electron chi connectivity index (χ3n) is 2.50. The molecule has 0 radical (unpaired) electrons. The Bertz CT molecular complexity index is 429. The van der Waals surface area contributed by atoms with Gasteiger partial charge in [0.2, 0.25) is 5.91 Å². The summed E-state index contributed by atoms with van der Waals surface area (Å²) in [6.07, 6.45) is 0.408. The molecule has 1 aromatic rings. The van der Waals surface area contributed by atoms with Crippen LogP contribution in [0.15, 0.2) is 10.5 Å². The van der Waals surface area contributed by atoms with E-state index in [1.807, 2.05) is 19.9 Å². The lowest BCUT2D eigenvalue weighted by Gasteiger charge is -2.13. The van der Waals surface area contributed by atoms with E-state index in [1.54, 1.807) is 0 Å².